The van der Waals surface area contributed by atoms with E-state index in [2.05, 4.69) is 9.97 Å². The minimum Gasteiger partial charge on any atom is -0.478 e. The van der Waals surface area contributed by atoms with Crippen molar-refractivity contribution in [1.82, 2.24) is 9.97 Å². The average molecular weight is 216 g/mol. The molecule has 82 valence electrons. The summed E-state index contributed by atoms with van der Waals surface area (Å²) in [6, 6.07) is 4.86. The van der Waals surface area contributed by atoms with Gasteiger partial charge in [0, 0.05) is 0 Å². The summed E-state index contributed by atoms with van der Waals surface area (Å²) in [7, 11) is 0. The Kier molecular flexibility index (Phi) is 2.48. The van der Waals surface area contributed by atoms with E-state index in [0.717, 1.165) is 22.4 Å². The van der Waals surface area contributed by atoms with Crippen molar-refractivity contribution in [1.29, 1.82) is 0 Å². The molecule has 0 saturated heterocycles. The molecule has 0 atom stereocenters. The second-order valence-electron chi connectivity index (χ2n) is 3.59. The first-order chi connectivity index (χ1) is 7.61. The fourth-order valence-corrected chi connectivity index (χ4v) is 1.47. The summed E-state index contributed by atoms with van der Waals surface area (Å²) in [5.74, 6) is -0.152. The molecule has 0 fully saturated rings. The highest BCUT2D eigenvalue weighted by Gasteiger charge is 2.07. The third-order valence-corrected chi connectivity index (χ3v) is 2.54. The van der Waals surface area contributed by atoms with Crippen molar-refractivity contribution in [2.45, 2.75) is 13.8 Å². The van der Waals surface area contributed by atoms with Crippen molar-refractivity contribution in [2.24, 2.45) is 0 Å². The number of aromatic nitrogens is 2. The number of nitrogens with zero attached hydrogens (tertiary/aromatic N) is 1. The molecule has 1 aromatic carbocycles. The molecule has 16 heavy (non-hydrogen) atoms. The Hall–Kier alpha value is -2.10. The van der Waals surface area contributed by atoms with Gasteiger partial charge in [0.25, 0.3) is 0 Å². The number of aromatic carboxylic acids is 1. The van der Waals surface area contributed by atoms with Gasteiger partial charge in [0.05, 0.1) is 16.6 Å². The fourth-order valence-electron chi connectivity index (χ4n) is 1.47. The van der Waals surface area contributed by atoms with Crippen molar-refractivity contribution in [3.63, 3.8) is 0 Å². The van der Waals surface area contributed by atoms with E-state index in [1.807, 2.05) is 19.9 Å². The number of allylic oxidation sites excluding steroid dienone is 2. The second kappa shape index (κ2) is 3.81. The lowest BCUT2D eigenvalue weighted by Crippen LogP contribution is -1.94. The lowest BCUT2D eigenvalue weighted by Gasteiger charge is -1.92. The standard InChI is InChI=1S/C12H12N2O2/c1-3-7(2)11-13-9-5-4-8(12(15)16)6-10(9)14-11/h3-6H,1-2H3,(H,13,14)(H,15,16). The van der Waals surface area contributed by atoms with E-state index in [0.29, 0.717) is 0 Å². The summed E-state index contributed by atoms with van der Waals surface area (Å²) in [6.45, 7) is 3.89. The number of fused-ring (bicyclic) bond motifs is 1. The molecule has 0 amide bonds. The zero-order valence-corrected chi connectivity index (χ0v) is 9.11. The predicted octanol–water partition coefficient (Wildman–Crippen LogP) is 2.68. The Labute approximate surface area is 92.6 Å². The SMILES string of the molecule is CC=C(C)c1nc2ccc(C(=O)O)cc2[nH]1. The normalized spacial score (nSPS) is 12.0. The summed E-state index contributed by atoms with van der Waals surface area (Å²) in [4.78, 5) is 18.3. The number of H-pyrrole nitrogens is 1. The zero-order chi connectivity index (χ0) is 11.7. The molecule has 2 rings (SSSR count). The van der Waals surface area contributed by atoms with E-state index in [1.54, 1.807) is 18.2 Å². The number of hydrogen-bond donors (Lipinski definition) is 2. The average Bonchev–Trinajstić information content (AvgIpc) is 2.70. The van der Waals surface area contributed by atoms with Crippen LogP contribution in [0.25, 0.3) is 16.6 Å². The molecule has 2 N–H and O–H groups in total. The zero-order valence-electron chi connectivity index (χ0n) is 9.11. The molecular formula is C12H12N2O2. The number of nitrogens with one attached hydrogen (secondary N) is 1. The van der Waals surface area contributed by atoms with Gasteiger partial charge in [-0.25, -0.2) is 9.78 Å². The molecule has 4 nitrogen and oxygen atoms in total. The quantitative estimate of drug-likeness (QED) is 0.811. The predicted molar refractivity (Wildman–Crippen MR) is 62.4 cm³/mol. The molecule has 0 bridgehead atoms. The number of carboxylic acids is 1. The van der Waals surface area contributed by atoms with Crippen LogP contribution >= 0.6 is 0 Å². The van der Waals surface area contributed by atoms with Crippen molar-refractivity contribution in [2.75, 3.05) is 0 Å². The maximum absolute atomic E-state index is 10.8. The fraction of sp³-hybridized carbons (Fsp3) is 0.167. The number of hydrogen-bond acceptors (Lipinski definition) is 2. The van der Waals surface area contributed by atoms with Gasteiger partial charge in [-0.3, -0.25) is 0 Å². The van der Waals surface area contributed by atoms with E-state index in [1.165, 1.54) is 0 Å². The molecule has 1 aromatic heterocycles. The van der Waals surface area contributed by atoms with Gasteiger partial charge in [-0.15, -0.1) is 0 Å². The van der Waals surface area contributed by atoms with Gasteiger partial charge in [0.1, 0.15) is 5.82 Å². The topological polar surface area (TPSA) is 66.0 Å². The van der Waals surface area contributed by atoms with E-state index in [9.17, 15) is 4.79 Å². The molecule has 2 aromatic rings. The maximum atomic E-state index is 10.8. The van der Waals surface area contributed by atoms with Crippen LogP contribution < -0.4 is 0 Å². The van der Waals surface area contributed by atoms with Crippen LogP contribution in [0.2, 0.25) is 0 Å². The molecule has 1 heterocycles. The van der Waals surface area contributed by atoms with Gasteiger partial charge in [0.2, 0.25) is 0 Å². The van der Waals surface area contributed by atoms with Crippen LogP contribution in [0.1, 0.15) is 30.0 Å². The molecule has 4 heteroatoms. The van der Waals surface area contributed by atoms with Crippen molar-refractivity contribution in [3.05, 3.63) is 35.7 Å². The summed E-state index contributed by atoms with van der Waals surface area (Å²) >= 11 is 0. The second-order valence-corrected chi connectivity index (χ2v) is 3.59. The lowest BCUT2D eigenvalue weighted by molar-refractivity contribution is 0.0697. The smallest absolute Gasteiger partial charge is 0.335 e. The Morgan fingerprint density at radius 3 is 2.88 bits per heavy atom. The number of carboxylic acid groups (broad SMARTS) is 1. The van der Waals surface area contributed by atoms with Crippen molar-refractivity contribution in [3.8, 4) is 0 Å². The molecule has 0 radical (unpaired) electrons. The Bertz CT molecular complexity index is 582. The van der Waals surface area contributed by atoms with E-state index < -0.39 is 5.97 Å². The van der Waals surface area contributed by atoms with Crippen LogP contribution in [0.3, 0.4) is 0 Å². The Morgan fingerprint density at radius 1 is 1.50 bits per heavy atom. The third kappa shape index (κ3) is 1.69. The van der Waals surface area contributed by atoms with Crippen LogP contribution in [0.5, 0.6) is 0 Å². The highest BCUT2D eigenvalue weighted by atomic mass is 16.4. The molecule has 0 unspecified atom stereocenters. The molecule has 0 aliphatic heterocycles. The number of aromatic amines is 1. The van der Waals surface area contributed by atoms with Crippen molar-refractivity contribution >= 4 is 22.6 Å². The van der Waals surface area contributed by atoms with Crippen LogP contribution in [0.4, 0.5) is 0 Å². The minimum atomic E-state index is -0.930. The minimum absolute atomic E-state index is 0.265. The monoisotopic (exact) mass is 216 g/mol. The largest absolute Gasteiger partial charge is 0.478 e. The first-order valence-electron chi connectivity index (χ1n) is 4.98. The molecule has 0 aliphatic carbocycles. The van der Waals surface area contributed by atoms with E-state index >= 15 is 0 Å². The Balaban J connectivity index is 2.58. The Morgan fingerprint density at radius 2 is 2.25 bits per heavy atom. The molecule has 0 saturated carbocycles. The molecular weight excluding hydrogens is 204 g/mol. The summed E-state index contributed by atoms with van der Waals surface area (Å²) in [6.07, 6.45) is 1.95. The van der Waals surface area contributed by atoms with Crippen LogP contribution in [-0.2, 0) is 0 Å². The summed E-state index contributed by atoms with van der Waals surface area (Å²) in [5.41, 5.74) is 2.83. The molecule has 0 spiro atoms. The first-order valence-corrected chi connectivity index (χ1v) is 4.98. The third-order valence-electron chi connectivity index (χ3n) is 2.54. The maximum Gasteiger partial charge on any atom is 0.335 e. The lowest BCUT2D eigenvalue weighted by atomic mass is 10.2. The van der Waals surface area contributed by atoms with Crippen molar-refractivity contribution < 1.29 is 9.90 Å². The number of benzene rings is 1. The van der Waals surface area contributed by atoms with Gasteiger partial charge >= 0.3 is 5.97 Å². The summed E-state index contributed by atoms with van der Waals surface area (Å²) < 4.78 is 0. The van der Waals surface area contributed by atoms with E-state index in [4.69, 9.17) is 5.11 Å². The van der Waals surface area contributed by atoms with Crippen LogP contribution in [-0.4, -0.2) is 21.0 Å². The van der Waals surface area contributed by atoms with Crippen LogP contribution in [0.15, 0.2) is 24.3 Å². The number of carbonyl (C=O) groups is 1. The van der Waals surface area contributed by atoms with Gasteiger partial charge in [-0.05, 0) is 37.6 Å². The van der Waals surface area contributed by atoms with Gasteiger partial charge in [0.15, 0.2) is 0 Å². The van der Waals surface area contributed by atoms with Gasteiger partial charge in [-0.1, -0.05) is 6.08 Å². The number of imidazole rings is 1. The number of rotatable bonds is 2. The first kappa shape index (κ1) is 10.4. The summed E-state index contributed by atoms with van der Waals surface area (Å²) in [5, 5.41) is 8.86. The van der Waals surface area contributed by atoms with E-state index in [-0.39, 0.29) is 5.56 Å². The highest BCUT2D eigenvalue weighted by Crippen LogP contribution is 2.17. The molecule has 0 aliphatic rings. The van der Waals surface area contributed by atoms with Gasteiger partial charge < -0.3 is 10.1 Å². The van der Waals surface area contributed by atoms with Crippen LogP contribution in [0, 0.1) is 0 Å². The highest BCUT2D eigenvalue weighted by molar-refractivity contribution is 5.92. The van der Waals surface area contributed by atoms with Gasteiger partial charge in [-0.2, -0.15) is 0 Å².